The van der Waals surface area contributed by atoms with E-state index in [0.717, 1.165) is 11.8 Å². The molecule has 0 saturated heterocycles. The molecule has 0 fully saturated rings. The average molecular weight is 575 g/mol. The molecule has 5 aromatic rings. The summed E-state index contributed by atoms with van der Waals surface area (Å²) in [6.07, 6.45) is 2.84. The van der Waals surface area contributed by atoms with Crippen molar-refractivity contribution in [3.63, 3.8) is 0 Å². The van der Waals surface area contributed by atoms with Gasteiger partial charge < -0.3 is 5.32 Å². The minimum absolute atomic E-state index is 0.277. The maximum atomic E-state index is 13.8. The van der Waals surface area contributed by atoms with Crippen molar-refractivity contribution < 1.29 is 8.42 Å². The van der Waals surface area contributed by atoms with Gasteiger partial charge in [-0.15, -0.1) is 0 Å². The van der Waals surface area contributed by atoms with Crippen molar-refractivity contribution in [1.29, 1.82) is 0 Å². The lowest BCUT2D eigenvalue weighted by Crippen LogP contribution is -2.27. The van der Waals surface area contributed by atoms with Crippen molar-refractivity contribution in [2.24, 2.45) is 0 Å². The van der Waals surface area contributed by atoms with Gasteiger partial charge in [0.1, 0.15) is 17.5 Å². The minimum atomic E-state index is -3.45. The summed E-state index contributed by atoms with van der Waals surface area (Å²) in [5.41, 5.74) is 2.76. The van der Waals surface area contributed by atoms with E-state index in [1.807, 2.05) is 43.3 Å². The molecule has 0 amide bonds. The van der Waals surface area contributed by atoms with E-state index in [1.165, 1.54) is 11.4 Å². The maximum Gasteiger partial charge on any atom is 0.267 e. The fraction of sp³-hybridized carbons (Fsp3) is 0.172. The van der Waals surface area contributed by atoms with Gasteiger partial charge in [-0.25, -0.2) is 23.4 Å². The Morgan fingerprint density at radius 3 is 2.45 bits per heavy atom. The van der Waals surface area contributed by atoms with Crippen molar-refractivity contribution >= 4 is 44.0 Å². The van der Waals surface area contributed by atoms with Crippen LogP contribution in [0.2, 0.25) is 5.02 Å². The summed E-state index contributed by atoms with van der Waals surface area (Å²) in [4.78, 5) is 27.7. The van der Waals surface area contributed by atoms with E-state index in [1.54, 1.807) is 54.1 Å². The summed E-state index contributed by atoms with van der Waals surface area (Å²) in [5.74, 6) is 1.53. The predicted octanol–water partition coefficient (Wildman–Crippen LogP) is 5.37. The molecule has 204 valence electrons. The predicted molar refractivity (Wildman–Crippen MR) is 160 cm³/mol. The van der Waals surface area contributed by atoms with Gasteiger partial charge in [0.05, 0.1) is 39.6 Å². The van der Waals surface area contributed by atoms with Gasteiger partial charge in [0.2, 0.25) is 10.0 Å². The molecule has 0 bridgehead atoms. The van der Waals surface area contributed by atoms with Crippen molar-refractivity contribution in [2.75, 3.05) is 22.9 Å². The van der Waals surface area contributed by atoms with Gasteiger partial charge in [-0.05, 0) is 55.8 Å². The van der Waals surface area contributed by atoms with Crippen LogP contribution in [0.25, 0.3) is 27.7 Å². The van der Waals surface area contributed by atoms with Crippen LogP contribution in [0.5, 0.6) is 0 Å². The fourth-order valence-electron chi connectivity index (χ4n) is 4.45. The first-order chi connectivity index (χ1) is 19.0. The van der Waals surface area contributed by atoms with E-state index in [2.05, 4.69) is 15.3 Å². The van der Waals surface area contributed by atoms with Crippen molar-refractivity contribution in [3.8, 4) is 16.8 Å². The Hall–Kier alpha value is -4.28. The maximum absolute atomic E-state index is 13.8. The monoisotopic (exact) mass is 574 g/mol. The van der Waals surface area contributed by atoms with Crippen LogP contribution in [0.1, 0.15) is 24.6 Å². The van der Waals surface area contributed by atoms with Gasteiger partial charge in [-0.1, -0.05) is 48.0 Å². The van der Waals surface area contributed by atoms with Gasteiger partial charge in [0, 0.05) is 18.8 Å². The summed E-state index contributed by atoms with van der Waals surface area (Å²) in [6.45, 7) is 3.68. The molecule has 3 aromatic carbocycles. The van der Waals surface area contributed by atoms with E-state index in [0.29, 0.717) is 50.3 Å². The lowest BCUT2D eigenvalue weighted by Gasteiger charge is -2.22. The van der Waals surface area contributed by atoms with E-state index >= 15 is 0 Å². The molecule has 1 N–H and O–H groups in total. The number of aromatic nitrogens is 4. The highest BCUT2D eigenvalue weighted by Crippen LogP contribution is 2.32. The van der Waals surface area contributed by atoms with Crippen molar-refractivity contribution in [1.82, 2.24) is 19.5 Å². The van der Waals surface area contributed by atoms with Gasteiger partial charge in [-0.2, -0.15) is 0 Å². The van der Waals surface area contributed by atoms with Crippen LogP contribution in [0, 0.1) is 6.92 Å². The summed E-state index contributed by atoms with van der Waals surface area (Å²) < 4.78 is 27.0. The highest BCUT2D eigenvalue weighted by atomic mass is 35.5. The topological polar surface area (TPSA) is 110 Å². The lowest BCUT2D eigenvalue weighted by molar-refractivity contribution is 0.600. The van der Waals surface area contributed by atoms with Gasteiger partial charge in [-0.3, -0.25) is 13.7 Å². The van der Waals surface area contributed by atoms with Crippen molar-refractivity contribution in [2.45, 2.75) is 19.9 Å². The number of anilines is 2. The van der Waals surface area contributed by atoms with Crippen LogP contribution in [-0.4, -0.2) is 41.2 Å². The van der Waals surface area contributed by atoms with Gasteiger partial charge in [0.25, 0.3) is 5.56 Å². The molecular weight excluding hydrogens is 548 g/mol. The second kappa shape index (κ2) is 10.7. The van der Waals surface area contributed by atoms with Crippen LogP contribution in [0.4, 0.5) is 11.5 Å². The lowest BCUT2D eigenvalue weighted by atomic mass is 10.1. The third-order valence-electron chi connectivity index (χ3n) is 6.56. The van der Waals surface area contributed by atoms with Crippen LogP contribution >= 0.6 is 11.6 Å². The standard InChI is InChI=1S/C29H27ClN6O3S/c1-18(28-34-25-15-9-14-24(30)26(25)29(37)36(28)21-11-6-5-7-12-21)32-27-23(17-31-19(2)33-27)20-10-8-13-22(16-20)35(3)40(4,38)39/h5-18H,1-4H3,(H,31,32,33). The number of aryl methyl sites for hydroxylation is 1. The van der Waals surface area contributed by atoms with Crippen LogP contribution in [0.3, 0.4) is 0 Å². The van der Waals surface area contributed by atoms with E-state index in [9.17, 15) is 13.2 Å². The third-order valence-corrected chi connectivity index (χ3v) is 8.08. The quantitative estimate of drug-likeness (QED) is 0.278. The number of nitrogens with one attached hydrogen (secondary N) is 1. The SMILES string of the molecule is Cc1ncc(-c2cccc(N(C)S(C)(=O)=O)c2)c(NC(C)c2nc3cccc(Cl)c3c(=O)n2-c2ccccc2)n1. The van der Waals surface area contributed by atoms with Crippen molar-refractivity contribution in [3.05, 3.63) is 106 Å². The molecule has 0 spiro atoms. The summed E-state index contributed by atoms with van der Waals surface area (Å²) in [7, 11) is -1.94. The Morgan fingerprint density at radius 1 is 1.00 bits per heavy atom. The second-order valence-electron chi connectivity index (χ2n) is 9.41. The van der Waals surface area contributed by atoms with Gasteiger partial charge >= 0.3 is 0 Å². The summed E-state index contributed by atoms with van der Waals surface area (Å²) in [6, 6.07) is 21.1. The first-order valence-corrected chi connectivity index (χ1v) is 14.7. The molecule has 9 nitrogen and oxygen atoms in total. The number of para-hydroxylation sites is 1. The fourth-order valence-corrected chi connectivity index (χ4v) is 5.19. The zero-order valence-corrected chi connectivity index (χ0v) is 23.9. The largest absolute Gasteiger partial charge is 0.360 e. The van der Waals surface area contributed by atoms with Gasteiger partial charge in [0.15, 0.2) is 0 Å². The third kappa shape index (κ3) is 5.28. The van der Waals surface area contributed by atoms with E-state index in [4.69, 9.17) is 16.6 Å². The number of halogens is 1. The minimum Gasteiger partial charge on any atom is -0.360 e. The molecule has 0 aliphatic carbocycles. The Labute approximate surface area is 237 Å². The van der Waals surface area contributed by atoms with Crippen LogP contribution in [-0.2, 0) is 10.0 Å². The van der Waals surface area contributed by atoms with Crippen LogP contribution in [0.15, 0.2) is 83.8 Å². The molecule has 40 heavy (non-hydrogen) atoms. The molecule has 0 radical (unpaired) electrons. The Bertz CT molecular complexity index is 1890. The zero-order valence-electron chi connectivity index (χ0n) is 22.3. The highest BCUT2D eigenvalue weighted by Gasteiger charge is 2.21. The molecule has 5 rings (SSSR count). The smallest absolute Gasteiger partial charge is 0.267 e. The molecule has 0 aliphatic rings. The summed E-state index contributed by atoms with van der Waals surface area (Å²) >= 11 is 6.43. The number of hydrogen-bond donors (Lipinski definition) is 1. The second-order valence-corrected chi connectivity index (χ2v) is 11.8. The number of hydrogen-bond acceptors (Lipinski definition) is 7. The molecule has 1 unspecified atom stereocenters. The molecule has 0 saturated carbocycles. The normalized spacial score (nSPS) is 12.3. The number of nitrogens with zero attached hydrogens (tertiary/aromatic N) is 5. The van der Waals surface area contributed by atoms with E-state index in [-0.39, 0.29) is 5.56 Å². The molecular formula is C29H27ClN6O3S. The number of sulfonamides is 1. The highest BCUT2D eigenvalue weighted by molar-refractivity contribution is 7.92. The van der Waals surface area contributed by atoms with E-state index < -0.39 is 16.1 Å². The Morgan fingerprint density at radius 2 is 1.73 bits per heavy atom. The number of fused-ring (bicyclic) bond motifs is 1. The van der Waals surface area contributed by atoms with Crippen LogP contribution < -0.4 is 15.2 Å². The molecule has 1 atom stereocenters. The molecule has 0 aliphatic heterocycles. The molecule has 2 heterocycles. The first-order valence-electron chi connectivity index (χ1n) is 12.5. The number of rotatable bonds is 7. The average Bonchev–Trinajstić information content (AvgIpc) is 2.92. The zero-order chi connectivity index (χ0) is 28.6. The molecule has 2 aromatic heterocycles. The molecule has 11 heteroatoms. The number of benzene rings is 3. The first kappa shape index (κ1) is 27.3. The Kier molecular flexibility index (Phi) is 7.31. The Balaban J connectivity index is 1.63. The summed E-state index contributed by atoms with van der Waals surface area (Å²) in [5, 5.41) is 4.10.